The molecule has 176 valence electrons. The highest BCUT2D eigenvalue weighted by atomic mass is 127. The second kappa shape index (κ2) is 13.5. The van der Waals surface area contributed by atoms with Crippen LogP contribution >= 0.6 is 24.0 Å². The molecule has 1 unspecified atom stereocenters. The van der Waals surface area contributed by atoms with E-state index in [9.17, 15) is 5.11 Å². The van der Waals surface area contributed by atoms with Crippen molar-refractivity contribution < 1.29 is 9.84 Å². The largest absolute Gasteiger partial charge is 0.491 e. The molecule has 3 N–H and O–H groups in total. The molecule has 0 amide bonds. The van der Waals surface area contributed by atoms with E-state index < -0.39 is 6.10 Å². The van der Waals surface area contributed by atoms with Gasteiger partial charge in [0.1, 0.15) is 11.6 Å². The summed E-state index contributed by atoms with van der Waals surface area (Å²) in [6.07, 6.45) is 3.87. The van der Waals surface area contributed by atoms with E-state index in [1.165, 1.54) is 12.8 Å². The van der Waals surface area contributed by atoms with E-state index in [1.807, 2.05) is 51.2 Å². The number of anilines is 1. The molecule has 1 aromatic heterocycles. The van der Waals surface area contributed by atoms with Crippen molar-refractivity contribution in [1.82, 2.24) is 15.6 Å². The second-order valence-corrected chi connectivity index (χ2v) is 8.05. The first-order valence-corrected chi connectivity index (χ1v) is 11.2. The maximum Gasteiger partial charge on any atom is 0.191 e. The highest BCUT2D eigenvalue weighted by molar-refractivity contribution is 14.0. The fraction of sp³-hybridized carbons (Fsp3) is 0.500. The van der Waals surface area contributed by atoms with Crippen LogP contribution in [0.4, 0.5) is 5.82 Å². The fourth-order valence-electron chi connectivity index (χ4n) is 3.51. The van der Waals surface area contributed by atoms with Gasteiger partial charge in [0, 0.05) is 32.4 Å². The van der Waals surface area contributed by atoms with Crippen LogP contribution in [-0.4, -0.2) is 48.3 Å². The third-order valence-corrected chi connectivity index (χ3v) is 5.10. The van der Waals surface area contributed by atoms with Gasteiger partial charge in [-0.15, -0.1) is 24.0 Å². The number of benzene rings is 1. The quantitative estimate of drug-likeness (QED) is 0.249. The van der Waals surface area contributed by atoms with Crippen LogP contribution in [0.2, 0.25) is 0 Å². The first-order valence-electron chi connectivity index (χ1n) is 11.2. The van der Waals surface area contributed by atoms with Crippen LogP contribution in [-0.2, 0) is 6.54 Å². The first-order chi connectivity index (χ1) is 15.0. The van der Waals surface area contributed by atoms with Crippen molar-refractivity contribution in [3.05, 3.63) is 53.7 Å². The predicted octanol–water partition coefficient (Wildman–Crippen LogP) is 3.88. The summed E-state index contributed by atoms with van der Waals surface area (Å²) in [4.78, 5) is 11.5. The van der Waals surface area contributed by atoms with E-state index in [-0.39, 0.29) is 30.1 Å². The predicted molar refractivity (Wildman–Crippen MR) is 141 cm³/mol. The van der Waals surface area contributed by atoms with Crippen LogP contribution in [0.25, 0.3) is 0 Å². The second-order valence-electron chi connectivity index (χ2n) is 8.05. The normalized spacial score (nSPS) is 14.8. The molecule has 7 nitrogen and oxygen atoms in total. The Balaban J connectivity index is 0.00000363. The minimum atomic E-state index is -0.640. The Hall–Kier alpha value is -2.07. The monoisotopic (exact) mass is 553 g/mol. The van der Waals surface area contributed by atoms with Crippen LogP contribution in [0.1, 0.15) is 50.8 Å². The zero-order chi connectivity index (χ0) is 22.1. The lowest BCUT2D eigenvalue weighted by Crippen LogP contribution is -2.39. The Morgan fingerprint density at radius 1 is 1.12 bits per heavy atom. The summed E-state index contributed by atoms with van der Waals surface area (Å²) in [5.74, 6) is 2.52. The molecular formula is C24H36IN5O2. The maximum atomic E-state index is 10.5. The number of aliphatic imine (C=N–C) groups is 1. The number of rotatable bonds is 9. The molecule has 0 aliphatic carbocycles. The molecule has 1 aromatic carbocycles. The summed E-state index contributed by atoms with van der Waals surface area (Å²) in [5, 5.41) is 17.0. The van der Waals surface area contributed by atoms with Gasteiger partial charge < -0.3 is 25.4 Å². The van der Waals surface area contributed by atoms with Crippen molar-refractivity contribution in [2.24, 2.45) is 4.99 Å². The SMILES string of the molecule is CCNC(=NCc1ccc(N2CCCC2)nc1)NCC(O)c1ccc(OC(C)C)cc1.I. The lowest BCUT2D eigenvalue weighted by atomic mass is 10.1. The van der Waals surface area contributed by atoms with Gasteiger partial charge in [0.05, 0.1) is 18.8 Å². The minimum absolute atomic E-state index is 0. The van der Waals surface area contributed by atoms with Crippen molar-refractivity contribution >= 4 is 35.8 Å². The Kier molecular flexibility index (Phi) is 11.0. The molecule has 32 heavy (non-hydrogen) atoms. The molecule has 1 fully saturated rings. The van der Waals surface area contributed by atoms with Crippen LogP contribution in [0.3, 0.4) is 0 Å². The molecule has 0 saturated carbocycles. The number of aliphatic hydroxyl groups is 1. The van der Waals surface area contributed by atoms with E-state index in [2.05, 4.69) is 37.6 Å². The van der Waals surface area contributed by atoms with Crippen molar-refractivity contribution in [1.29, 1.82) is 0 Å². The molecule has 1 aliphatic rings. The van der Waals surface area contributed by atoms with Crippen LogP contribution < -0.4 is 20.3 Å². The number of nitrogens with zero attached hydrogens (tertiary/aromatic N) is 3. The Morgan fingerprint density at radius 3 is 2.44 bits per heavy atom. The number of guanidine groups is 1. The van der Waals surface area contributed by atoms with Gasteiger partial charge in [0.2, 0.25) is 0 Å². The van der Waals surface area contributed by atoms with E-state index >= 15 is 0 Å². The number of aromatic nitrogens is 1. The molecule has 0 spiro atoms. The number of hydrogen-bond acceptors (Lipinski definition) is 5. The molecule has 0 bridgehead atoms. The van der Waals surface area contributed by atoms with Crippen molar-refractivity contribution in [3.8, 4) is 5.75 Å². The fourth-order valence-corrected chi connectivity index (χ4v) is 3.51. The van der Waals surface area contributed by atoms with Crippen molar-refractivity contribution in [2.75, 3.05) is 31.1 Å². The first kappa shape index (κ1) is 26.2. The van der Waals surface area contributed by atoms with Gasteiger partial charge in [-0.3, -0.25) is 0 Å². The standard InChI is InChI=1S/C24H35N5O2.HI/c1-4-25-24(27-16-19-7-12-23(26-15-19)29-13-5-6-14-29)28-17-22(30)20-8-10-21(11-9-20)31-18(2)3;/h7-12,15,18,22,30H,4-6,13-14,16-17H2,1-3H3,(H2,25,27,28);1H. The van der Waals surface area contributed by atoms with Crippen molar-refractivity contribution in [3.63, 3.8) is 0 Å². The van der Waals surface area contributed by atoms with Crippen molar-refractivity contribution in [2.45, 2.75) is 52.4 Å². The zero-order valence-corrected chi connectivity index (χ0v) is 21.6. The summed E-state index contributed by atoms with van der Waals surface area (Å²) < 4.78 is 5.66. The summed E-state index contributed by atoms with van der Waals surface area (Å²) in [7, 11) is 0. The summed E-state index contributed by atoms with van der Waals surface area (Å²) >= 11 is 0. The molecule has 1 saturated heterocycles. The highest BCUT2D eigenvalue weighted by Gasteiger charge is 2.13. The van der Waals surface area contributed by atoms with Crippen LogP contribution in [0.15, 0.2) is 47.6 Å². The Bertz CT molecular complexity index is 821. The molecule has 3 rings (SSSR count). The number of pyridine rings is 1. The van der Waals surface area contributed by atoms with Gasteiger partial charge >= 0.3 is 0 Å². The number of ether oxygens (including phenoxy) is 1. The molecule has 1 atom stereocenters. The number of hydrogen-bond donors (Lipinski definition) is 3. The van der Waals surface area contributed by atoms with Gasteiger partial charge in [-0.05, 0) is 62.9 Å². The van der Waals surface area contributed by atoms with Gasteiger partial charge in [0.25, 0.3) is 0 Å². The lowest BCUT2D eigenvalue weighted by molar-refractivity contribution is 0.180. The summed E-state index contributed by atoms with van der Waals surface area (Å²) in [6.45, 7) is 9.83. The zero-order valence-electron chi connectivity index (χ0n) is 19.3. The third kappa shape index (κ3) is 8.12. The molecule has 0 radical (unpaired) electrons. The summed E-state index contributed by atoms with van der Waals surface area (Å²) in [6, 6.07) is 11.7. The molecular weight excluding hydrogens is 517 g/mol. The third-order valence-electron chi connectivity index (χ3n) is 5.10. The van der Waals surface area contributed by atoms with Crippen LogP contribution in [0.5, 0.6) is 5.75 Å². The highest BCUT2D eigenvalue weighted by Crippen LogP contribution is 2.19. The number of nitrogens with one attached hydrogen (secondary N) is 2. The van der Waals surface area contributed by atoms with Gasteiger partial charge in [-0.2, -0.15) is 0 Å². The molecule has 2 aromatic rings. The maximum absolute atomic E-state index is 10.5. The Labute approximate surface area is 208 Å². The Morgan fingerprint density at radius 2 is 1.84 bits per heavy atom. The van der Waals surface area contributed by atoms with Gasteiger partial charge in [-0.1, -0.05) is 18.2 Å². The molecule has 8 heteroatoms. The van der Waals surface area contributed by atoms with E-state index in [1.54, 1.807) is 0 Å². The topological polar surface area (TPSA) is 82.0 Å². The average molecular weight is 553 g/mol. The van der Waals surface area contributed by atoms with E-state index in [0.29, 0.717) is 19.0 Å². The van der Waals surface area contributed by atoms with Gasteiger partial charge in [0.15, 0.2) is 5.96 Å². The lowest BCUT2D eigenvalue weighted by Gasteiger charge is -2.17. The number of halogens is 1. The molecule has 2 heterocycles. The minimum Gasteiger partial charge on any atom is -0.491 e. The molecule has 1 aliphatic heterocycles. The summed E-state index contributed by atoms with van der Waals surface area (Å²) in [5.41, 5.74) is 1.89. The van der Waals surface area contributed by atoms with Crippen LogP contribution in [0, 0.1) is 0 Å². The smallest absolute Gasteiger partial charge is 0.191 e. The van der Waals surface area contributed by atoms with Gasteiger partial charge in [-0.25, -0.2) is 9.98 Å². The number of aliphatic hydroxyl groups excluding tert-OH is 1. The van der Waals surface area contributed by atoms with E-state index in [4.69, 9.17) is 4.74 Å². The van der Waals surface area contributed by atoms with E-state index in [0.717, 1.165) is 42.3 Å². The average Bonchev–Trinajstić information content (AvgIpc) is 3.31.